The van der Waals surface area contributed by atoms with Crippen LogP contribution in [0.3, 0.4) is 0 Å². The first kappa shape index (κ1) is 3.42. The zero-order valence-electron chi connectivity index (χ0n) is 2.94. The van der Waals surface area contributed by atoms with E-state index < -0.39 is 6.23 Å². The molecule has 0 saturated heterocycles. The van der Waals surface area contributed by atoms with Gasteiger partial charge in [0, 0.05) is 0 Å². The van der Waals surface area contributed by atoms with Gasteiger partial charge in [0.2, 0.25) is 6.23 Å². The Labute approximate surface area is 34.2 Å². The third-order valence-corrected chi connectivity index (χ3v) is 0.422. The van der Waals surface area contributed by atoms with E-state index in [0.717, 1.165) is 0 Å². The minimum absolute atomic E-state index is 0.787. The summed E-state index contributed by atoms with van der Waals surface area (Å²) in [5, 5.41) is 17.9. The standard InChI is InChI=1S/C2H3N3O/c6-2-1-3-5-4-2/h1-2,6H. The molecular weight excluding hydrogens is 82.0 g/mol. The molecule has 6 heavy (non-hydrogen) atoms. The van der Waals surface area contributed by atoms with E-state index >= 15 is 0 Å². The van der Waals surface area contributed by atoms with Crippen LogP contribution in [0.25, 0.3) is 0 Å². The molecule has 0 aromatic heterocycles. The van der Waals surface area contributed by atoms with E-state index in [-0.39, 0.29) is 0 Å². The highest BCUT2D eigenvalue weighted by molar-refractivity contribution is 5.62. The lowest BCUT2D eigenvalue weighted by molar-refractivity contribution is 0.254. The molecular formula is C2H3N3O. The Balaban J connectivity index is 2.60. The molecule has 0 aliphatic carbocycles. The number of hydrogen-bond acceptors (Lipinski definition) is 4. The minimum atomic E-state index is -0.787. The summed E-state index contributed by atoms with van der Waals surface area (Å²) in [7, 11) is 0. The monoisotopic (exact) mass is 85.0 g/mol. The molecule has 0 fully saturated rings. The molecule has 1 N–H and O–H groups in total. The molecule has 1 atom stereocenters. The Morgan fingerprint density at radius 3 is 2.67 bits per heavy atom. The summed E-state index contributed by atoms with van der Waals surface area (Å²) in [5.41, 5.74) is 0. The summed E-state index contributed by atoms with van der Waals surface area (Å²) in [6, 6.07) is 0. The van der Waals surface area contributed by atoms with Crippen molar-refractivity contribution in [3.8, 4) is 0 Å². The summed E-state index contributed by atoms with van der Waals surface area (Å²) in [4.78, 5) is 0. The largest absolute Gasteiger partial charge is 0.366 e. The zero-order valence-corrected chi connectivity index (χ0v) is 2.94. The summed E-state index contributed by atoms with van der Waals surface area (Å²) in [6.07, 6.45) is 0.463. The van der Waals surface area contributed by atoms with Gasteiger partial charge >= 0.3 is 0 Å². The number of nitrogens with zero attached hydrogens (tertiary/aromatic N) is 3. The van der Waals surface area contributed by atoms with E-state index in [2.05, 4.69) is 15.4 Å². The van der Waals surface area contributed by atoms with Crippen LogP contribution < -0.4 is 0 Å². The van der Waals surface area contributed by atoms with Crippen molar-refractivity contribution in [3.63, 3.8) is 0 Å². The smallest absolute Gasteiger partial charge is 0.206 e. The first-order valence-corrected chi connectivity index (χ1v) is 1.51. The van der Waals surface area contributed by atoms with Crippen LogP contribution in [-0.2, 0) is 0 Å². The van der Waals surface area contributed by atoms with Gasteiger partial charge in [-0.15, -0.1) is 10.2 Å². The molecule has 4 heteroatoms. The molecule has 1 rings (SSSR count). The SMILES string of the molecule is OC1C=NN=N1. The molecule has 1 heterocycles. The van der Waals surface area contributed by atoms with Gasteiger partial charge in [-0.1, -0.05) is 0 Å². The van der Waals surface area contributed by atoms with Gasteiger partial charge in [0.25, 0.3) is 0 Å². The Morgan fingerprint density at radius 1 is 1.67 bits per heavy atom. The lowest BCUT2D eigenvalue weighted by Gasteiger charge is -1.78. The van der Waals surface area contributed by atoms with E-state index in [1.54, 1.807) is 0 Å². The second-order valence-corrected chi connectivity index (χ2v) is 0.883. The van der Waals surface area contributed by atoms with Gasteiger partial charge in [-0.2, -0.15) is 0 Å². The van der Waals surface area contributed by atoms with Crippen molar-refractivity contribution < 1.29 is 5.11 Å². The molecule has 0 aromatic carbocycles. The van der Waals surface area contributed by atoms with Crippen LogP contribution in [0.5, 0.6) is 0 Å². The Hall–Kier alpha value is -0.770. The van der Waals surface area contributed by atoms with Gasteiger partial charge in [0.1, 0.15) is 0 Å². The molecule has 0 aromatic rings. The average molecular weight is 85.1 g/mol. The van der Waals surface area contributed by atoms with Crippen molar-refractivity contribution in [2.45, 2.75) is 6.23 Å². The van der Waals surface area contributed by atoms with Crippen LogP contribution in [0.15, 0.2) is 15.4 Å². The van der Waals surface area contributed by atoms with Crippen LogP contribution in [0.4, 0.5) is 0 Å². The Kier molecular flexibility index (Phi) is 0.648. The van der Waals surface area contributed by atoms with Crippen LogP contribution in [0.1, 0.15) is 0 Å². The molecule has 0 bridgehead atoms. The van der Waals surface area contributed by atoms with E-state index in [1.165, 1.54) is 6.21 Å². The van der Waals surface area contributed by atoms with Crippen molar-refractivity contribution in [1.29, 1.82) is 0 Å². The average Bonchev–Trinajstić information content (AvgIpc) is 1.86. The normalized spacial score (nSPS) is 29.2. The minimum Gasteiger partial charge on any atom is -0.366 e. The summed E-state index contributed by atoms with van der Waals surface area (Å²) in [5.74, 6) is 0. The molecule has 0 radical (unpaired) electrons. The van der Waals surface area contributed by atoms with Crippen molar-refractivity contribution >= 4 is 6.21 Å². The molecule has 32 valence electrons. The molecule has 1 unspecified atom stereocenters. The molecule has 1 aliphatic rings. The topological polar surface area (TPSA) is 57.3 Å². The predicted octanol–water partition coefficient (Wildman–Crippen LogP) is -0.244. The van der Waals surface area contributed by atoms with Crippen LogP contribution in [0.2, 0.25) is 0 Å². The van der Waals surface area contributed by atoms with Gasteiger partial charge < -0.3 is 5.11 Å². The fourth-order valence-corrected chi connectivity index (χ4v) is 0.202. The lowest BCUT2D eigenvalue weighted by atomic mass is 10.7. The van der Waals surface area contributed by atoms with Gasteiger partial charge in [0.15, 0.2) is 0 Å². The lowest BCUT2D eigenvalue weighted by Crippen LogP contribution is -1.96. The van der Waals surface area contributed by atoms with Crippen molar-refractivity contribution in [1.82, 2.24) is 0 Å². The maximum Gasteiger partial charge on any atom is 0.206 e. The summed E-state index contributed by atoms with van der Waals surface area (Å²) < 4.78 is 0. The van der Waals surface area contributed by atoms with E-state index in [1.807, 2.05) is 0 Å². The first-order chi connectivity index (χ1) is 2.89. The third-order valence-electron chi connectivity index (χ3n) is 0.422. The number of aliphatic hydroxyl groups excluding tert-OH is 1. The van der Waals surface area contributed by atoms with Gasteiger partial charge in [0.05, 0.1) is 6.21 Å². The fourth-order valence-electron chi connectivity index (χ4n) is 0.202. The quantitative estimate of drug-likeness (QED) is 0.433. The highest BCUT2D eigenvalue weighted by atomic mass is 16.3. The molecule has 0 saturated carbocycles. The predicted molar refractivity (Wildman–Crippen MR) is 19.4 cm³/mol. The fraction of sp³-hybridized carbons (Fsp3) is 0.500. The molecule has 4 nitrogen and oxygen atoms in total. The third kappa shape index (κ3) is 0.414. The van der Waals surface area contributed by atoms with Crippen molar-refractivity contribution in [2.24, 2.45) is 15.4 Å². The maximum atomic E-state index is 8.32. The number of rotatable bonds is 0. The number of aliphatic hydroxyl groups is 1. The molecule has 0 amide bonds. The number of hydrogen-bond donors (Lipinski definition) is 1. The molecule has 1 aliphatic heterocycles. The Morgan fingerprint density at radius 2 is 2.50 bits per heavy atom. The van der Waals surface area contributed by atoms with Crippen LogP contribution in [0, 0.1) is 0 Å². The van der Waals surface area contributed by atoms with Crippen molar-refractivity contribution in [3.05, 3.63) is 0 Å². The van der Waals surface area contributed by atoms with Gasteiger partial charge in [-0.3, -0.25) is 0 Å². The Bertz CT molecular complexity index is 85.0. The summed E-state index contributed by atoms with van der Waals surface area (Å²) >= 11 is 0. The summed E-state index contributed by atoms with van der Waals surface area (Å²) in [6.45, 7) is 0. The van der Waals surface area contributed by atoms with E-state index in [4.69, 9.17) is 5.11 Å². The first-order valence-electron chi connectivity index (χ1n) is 1.51. The van der Waals surface area contributed by atoms with Crippen LogP contribution >= 0.6 is 0 Å². The van der Waals surface area contributed by atoms with E-state index in [9.17, 15) is 0 Å². The van der Waals surface area contributed by atoms with Gasteiger partial charge in [-0.25, -0.2) is 0 Å². The highest BCUT2D eigenvalue weighted by Gasteiger charge is 1.96. The molecule has 0 spiro atoms. The zero-order chi connectivity index (χ0) is 4.41. The van der Waals surface area contributed by atoms with Crippen molar-refractivity contribution in [2.75, 3.05) is 0 Å². The van der Waals surface area contributed by atoms with Crippen LogP contribution in [-0.4, -0.2) is 17.5 Å². The van der Waals surface area contributed by atoms with E-state index in [0.29, 0.717) is 0 Å². The van der Waals surface area contributed by atoms with Gasteiger partial charge in [-0.05, 0) is 5.22 Å². The maximum absolute atomic E-state index is 8.32. The highest BCUT2D eigenvalue weighted by Crippen LogP contribution is 1.90. The second-order valence-electron chi connectivity index (χ2n) is 0.883. The second kappa shape index (κ2) is 1.14.